The van der Waals surface area contributed by atoms with Gasteiger partial charge in [-0.3, -0.25) is 9.36 Å². The van der Waals surface area contributed by atoms with Crippen molar-refractivity contribution >= 4 is 28.5 Å². The Bertz CT molecular complexity index is 685. The number of fused-ring (bicyclic) bond motifs is 1. The van der Waals surface area contributed by atoms with Crippen LogP contribution in [0.1, 0.15) is 27.2 Å². The number of carbonyl (C=O) groups is 1. The van der Waals surface area contributed by atoms with E-state index in [-0.39, 0.29) is 5.91 Å². The van der Waals surface area contributed by atoms with Gasteiger partial charge in [-0.15, -0.1) is 0 Å². The van der Waals surface area contributed by atoms with E-state index in [4.69, 9.17) is 21.1 Å². The molecule has 1 aromatic heterocycles. The molecule has 2 aromatic rings. The van der Waals surface area contributed by atoms with Crippen molar-refractivity contribution in [2.75, 3.05) is 19.8 Å². The van der Waals surface area contributed by atoms with E-state index in [9.17, 15) is 4.79 Å². The van der Waals surface area contributed by atoms with Crippen LogP contribution in [0.3, 0.4) is 0 Å². The molecule has 7 heteroatoms. The Labute approximate surface area is 140 Å². The summed E-state index contributed by atoms with van der Waals surface area (Å²) in [6.45, 7) is 7.74. The van der Waals surface area contributed by atoms with E-state index in [1.165, 1.54) is 0 Å². The van der Waals surface area contributed by atoms with Crippen LogP contribution in [0, 0.1) is 0 Å². The summed E-state index contributed by atoms with van der Waals surface area (Å²) in [5.41, 5.74) is 1.61. The lowest BCUT2D eigenvalue weighted by Gasteiger charge is -2.11. The van der Waals surface area contributed by atoms with Crippen molar-refractivity contribution in [1.82, 2.24) is 14.9 Å². The van der Waals surface area contributed by atoms with Gasteiger partial charge < -0.3 is 14.8 Å². The Hall–Kier alpha value is -1.95. The lowest BCUT2D eigenvalue weighted by Crippen LogP contribution is -2.26. The molecule has 1 N–H and O–H groups in total. The minimum atomic E-state index is 0.0189. The summed E-state index contributed by atoms with van der Waals surface area (Å²) in [5.74, 6) is 0.633. The van der Waals surface area contributed by atoms with Crippen molar-refractivity contribution < 1.29 is 14.3 Å². The average molecular weight is 340 g/mol. The number of rotatable bonds is 8. The van der Waals surface area contributed by atoms with Gasteiger partial charge in [0.2, 0.25) is 5.91 Å². The molecule has 0 saturated carbocycles. The van der Waals surface area contributed by atoms with E-state index >= 15 is 0 Å². The number of amides is 1. The molecule has 0 aliphatic rings. The van der Waals surface area contributed by atoms with Crippen molar-refractivity contribution in [3.05, 3.63) is 17.2 Å². The largest absolute Gasteiger partial charge is 0.492 e. The van der Waals surface area contributed by atoms with E-state index in [0.717, 1.165) is 11.0 Å². The number of imidazole rings is 1. The van der Waals surface area contributed by atoms with Crippen molar-refractivity contribution in [3.63, 3.8) is 0 Å². The summed E-state index contributed by atoms with van der Waals surface area (Å²) >= 11 is 6.21. The predicted octanol–water partition coefficient (Wildman–Crippen LogP) is 3.01. The summed E-state index contributed by atoms with van der Waals surface area (Å²) < 4.78 is 13.1. The SMILES string of the molecule is CCOc1cc2c(cc1Cl)nc(OCC)n2CCNC(=O)CC. The Balaban J connectivity index is 2.35. The highest BCUT2D eigenvalue weighted by Crippen LogP contribution is 2.32. The van der Waals surface area contributed by atoms with Crippen LogP contribution >= 0.6 is 11.6 Å². The standard InChI is InChI=1S/C16H22ClN3O3/c1-4-15(21)18-7-8-20-13-10-14(22-5-2)11(17)9-12(13)19-16(20)23-6-3/h9-10H,4-8H2,1-3H3,(H,18,21). The number of halogens is 1. The quantitative estimate of drug-likeness (QED) is 0.803. The number of carbonyl (C=O) groups excluding carboxylic acids is 1. The first-order chi connectivity index (χ1) is 11.1. The number of hydrogen-bond acceptors (Lipinski definition) is 4. The third kappa shape index (κ3) is 4.07. The van der Waals surface area contributed by atoms with Crippen LogP contribution in [0.2, 0.25) is 5.02 Å². The molecule has 0 bridgehead atoms. The first-order valence-corrected chi connectivity index (χ1v) is 8.20. The number of benzene rings is 1. The number of nitrogens with one attached hydrogen (secondary N) is 1. The highest BCUT2D eigenvalue weighted by molar-refractivity contribution is 6.32. The molecule has 0 fully saturated rings. The molecule has 1 heterocycles. The highest BCUT2D eigenvalue weighted by atomic mass is 35.5. The zero-order valence-electron chi connectivity index (χ0n) is 13.7. The van der Waals surface area contributed by atoms with Gasteiger partial charge in [-0.25, -0.2) is 0 Å². The second-order valence-corrected chi connectivity index (χ2v) is 5.29. The Morgan fingerprint density at radius 1 is 1.26 bits per heavy atom. The van der Waals surface area contributed by atoms with E-state index in [1.54, 1.807) is 6.07 Å². The fraction of sp³-hybridized carbons (Fsp3) is 0.500. The summed E-state index contributed by atoms with van der Waals surface area (Å²) in [6, 6.07) is 4.14. The maximum atomic E-state index is 11.4. The molecule has 1 aromatic carbocycles. The van der Waals surface area contributed by atoms with Crippen molar-refractivity contribution in [1.29, 1.82) is 0 Å². The zero-order valence-corrected chi connectivity index (χ0v) is 14.4. The van der Waals surface area contributed by atoms with Crippen molar-refractivity contribution in [2.45, 2.75) is 33.7 Å². The third-order valence-corrected chi connectivity index (χ3v) is 3.61. The van der Waals surface area contributed by atoms with E-state index in [1.807, 2.05) is 31.4 Å². The smallest absolute Gasteiger partial charge is 0.297 e. The molecular formula is C16H22ClN3O3. The van der Waals surface area contributed by atoms with E-state index in [0.29, 0.717) is 49.5 Å². The van der Waals surface area contributed by atoms with Gasteiger partial charge in [0.25, 0.3) is 6.01 Å². The van der Waals surface area contributed by atoms with Crippen LogP contribution in [-0.2, 0) is 11.3 Å². The number of hydrogen-bond donors (Lipinski definition) is 1. The lowest BCUT2D eigenvalue weighted by atomic mass is 10.3. The molecule has 0 radical (unpaired) electrons. The molecule has 0 saturated heterocycles. The molecule has 126 valence electrons. The monoisotopic (exact) mass is 339 g/mol. The molecular weight excluding hydrogens is 318 g/mol. The van der Waals surface area contributed by atoms with Gasteiger partial charge >= 0.3 is 0 Å². The van der Waals surface area contributed by atoms with Gasteiger partial charge in [-0.1, -0.05) is 18.5 Å². The molecule has 0 atom stereocenters. The van der Waals surface area contributed by atoms with Crippen LogP contribution < -0.4 is 14.8 Å². The minimum absolute atomic E-state index is 0.0189. The van der Waals surface area contributed by atoms with Crippen LogP contribution in [0.25, 0.3) is 11.0 Å². The molecule has 2 rings (SSSR count). The summed E-state index contributed by atoms with van der Waals surface area (Å²) in [6.07, 6.45) is 0.465. The van der Waals surface area contributed by atoms with Gasteiger partial charge in [0.05, 0.1) is 29.3 Å². The normalized spacial score (nSPS) is 10.8. The Morgan fingerprint density at radius 2 is 2.00 bits per heavy atom. The first kappa shape index (κ1) is 17.4. The summed E-state index contributed by atoms with van der Waals surface area (Å²) in [5, 5.41) is 3.38. The lowest BCUT2D eigenvalue weighted by molar-refractivity contribution is -0.120. The third-order valence-electron chi connectivity index (χ3n) is 3.32. The minimum Gasteiger partial charge on any atom is -0.492 e. The molecule has 0 spiro atoms. The first-order valence-electron chi connectivity index (χ1n) is 7.82. The number of nitrogens with zero attached hydrogens (tertiary/aromatic N) is 2. The van der Waals surface area contributed by atoms with E-state index in [2.05, 4.69) is 10.3 Å². The fourth-order valence-corrected chi connectivity index (χ4v) is 2.47. The molecule has 0 aliphatic heterocycles. The number of aromatic nitrogens is 2. The van der Waals surface area contributed by atoms with Gasteiger partial charge in [0, 0.05) is 25.6 Å². The topological polar surface area (TPSA) is 65.4 Å². The molecule has 23 heavy (non-hydrogen) atoms. The maximum absolute atomic E-state index is 11.4. The van der Waals surface area contributed by atoms with Crippen LogP contribution in [0.5, 0.6) is 11.8 Å². The maximum Gasteiger partial charge on any atom is 0.297 e. The Morgan fingerprint density at radius 3 is 2.65 bits per heavy atom. The van der Waals surface area contributed by atoms with Crippen molar-refractivity contribution in [2.24, 2.45) is 0 Å². The summed E-state index contributed by atoms with van der Waals surface area (Å²) in [4.78, 5) is 15.9. The fourth-order valence-electron chi connectivity index (χ4n) is 2.26. The Kier molecular flexibility index (Phi) is 6.10. The molecule has 0 aliphatic carbocycles. The van der Waals surface area contributed by atoms with Crippen LogP contribution in [-0.4, -0.2) is 35.2 Å². The van der Waals surface area contributed by atoms with E-state index < -0.39 is 0 Å². The van der Waals surface area contributed by atoms with Crippen molar-refractivity contribution in [3.8, 4) is 11.8 Å². The molecule has 0 unspecified atom stereocenters. The van der Waals surface area contributed by atoms with Gasteiger partial charge in [-0.2, -0.15) is 4.98 Å². The average Bonchev–Trinajstić information content (AvgIpc) is 2.85. The van der Waals surface area contributed by atoms with Gasteiger partial charge in [-0.05, 0) is 19.9 Å². The number of ether oxygens (including phenoxy) is 2. The predicted molar refractivity (Wildman–Crippen MR) is 90.4 cm³/mol. The molecule has 6 nitrogen and oxygen atoms in total. The second-order valence-electron chi connectivity index (χ2n) is 4.89. The second kappa shape index (κ2) is 8.06. The summed E-state index contributed by atoms with van der Waals surface area (Å²) in [7, 11) is 0. The van der Waals surface area contributed by atoms with Gasteiger partial charge in [0.15, 0.2) is 0 Å². The zero-order chi connectivity index (χ0) is 16.8. The highest BCUT2D eigenvalue weighted by Gasteiger charge is 2.15. The van der Waals surface area contributed by atoms with Crippen LogP contribution in [0.4, 0.5) is 0 Å². The molecule has 1 amide bonds. The van der Waals surface area contributed by atoms with Gasteiger partial charge in [0.1, 0.15) is 5.75 Å². The van der Waals surface area contributed by atoms with Crippen LogP contribution in [0.15, 0.2) is 12.1 Å².